The van der Waals surface area contributed by atoms with Crippen molar-refractivity contribution >= 4 is 17.5 Å². The maximum atomic E-state index is 11.8. The van der Waals surface area contributed by atoms with E-state index in [0.717, 1.165) is 18.7 Å². The second-order valence-corrected chi connectivity index (χ2v) is 5.58. The van der Waals surface area contributed by atoms with E-state index in [-0.39, 0.29) is 18.0 Å². The van der Waals surface area contributed by atoms with Crippen molar-refractivity contribution in [3.8, 4) is 0 Å². The van der Waals surface area contributed by atoms with Crippen LogP contribution in [0.25, 0.3) is 0 Å². The second-order valence-electron chi connectivity index (χ2n) is 5.14. The van der Waals surface area contributed by atoms with Crippen molar-refractivity contribution in [2.75, 3.05) is 26.7 Å². The molecule has 1 amide bonds. The minimum Gasteiger partial charge on any atom is -0.343 e. The zero-order valence-electron chi connectivity index (χ0n) is 11.3. The predicted octanol–water partition coefficient (Wildman–Crippen LogP) is 1.50. The lowest BCUT2D eigenvalue weighted by Crippen LogP contribution is -2.52. The Balaban J connectivity index is 2.24. The molecule has 0 radical (unpaired) electrons. The number of likely N-dealkylation sites (N-methyl/N-ethyl adjacent to an activating group) is 1. The van der Waals surface area contributed by atoms with Gasteiger partial charge in [-0.1, -0.05) is 23.7 Å². The molecule has 0 aromatic heterocycles. The quantitative estimate of drug-likeness (QED) is 0.914. The Morgan fingerprint density at radius 1 is 1.37 bits per heavy atom. The van der Waals surface area contributed by atoms with Crippen LogP contribution in [0.5, 0.6) is 0 Å². The molecule has 1 aromatic rings. The Hall–Kier alpha value is -1.10. The highest BCUT2D eigenvalue weighted by Crippen LogP contribution is 2.26. The molecular formula is C14H20ClN3O. The number of rotatable bonds is 3. The summed E-state index contributed by atoms with van der Waals surface area (Å²) in [4.78, 5) is 15.7. The highest BCUT2D eigenvalue weighted by atomic mass is 35.5. The Kier molecular flexibility index (Phi) is 4.45. The largest absolute Gasteiger partial charge is 0.343 e. The summed E-state index contributed by atoms with van der Waals surface area (Å²) in [5.74, 6) is 0.138. The standard InChI is InChI=1S/C14H20ClN3O/c1-10(16)14(11-4-3-5-12(15)8-11)18-7-6-17(2)13(19)9-18/h3-5,8,10,14H,6-7,9,16H2,1-2H3. The van der Waals surface area contributed by atoms with E-state index in [0.29, 0.717) is 11.6 Å². The number of benzene rings is 1. The number of halogens is 1. The molecule has 0 saturated carbocycles. The molecule has 1 saturated heterocycles. The first-order valence-corrected chi connectivity index (χ1v) is 6.86. The van der Waals surface area contributed by atoms with E-state index in [2.05, 4.69) is 4.90 Å². The van der Waals surface area contributed by atoms with Crippen LogP contribution in [-0.2, 0) is 4.79 Å². The summed E-state index contributed by atoms with van der Waals surface area (Å²) in [6.07, 6.45) is 0. The zero-order chi connectivity index (χ0) is 14.0. The van der Waals surface area contributed by atoms with Gasteiger partial charge in [0, 0.05) is 31.2 Å². The van der Waals surface area contributed by atoms with Gasteiger partial charge in [0.25, 0.3) is 0 Å². The van der Waals surface area contributed by atoms with Crippen molar-refractivity contribution in [3.05, 3.63) is 34.9 Å². The van der Waals surface area contributed by atoms with Crippen LogP contribution in [0.4, 0.5) is 0 Å². The van der Waals surface area contributed by atoms with Crippen molar-refractivity contribution < 1.29 is 4.79 Å². The first-order chi connectivity index (χ1) is 8.99. The monoisotopic (exact) mass is 281 g/mol. The van der Waals surface area contributed by atoms with Crippen LogP contribution >= 0.6 is 11.6 Å². The Bertz CT molecular complexity index is 464. The van der Waals surface area contributed by atoms with E-state index < -0.39 is 0 Å². The first-order valence-electron chi connectivity index (χ1n) is 6.48. The number of carbonyl (C=O) groups is 1. The molecule has 2 unspecified atom stereocenters. The van der Waals surface area contributed by atoms with Crippen LogP contribution < -0.4 is 5.73 Å². The lowest BCUT2D eigenvalue weighted by atomic mass is 9.98. The van der Waals surface area contributed by atoms with Gasteiger partial charge in [-0.3, -0.25) is 9.69 Å². The fourth-order valence-electron chi connectivity index (χ4n) is 2.55. The van der Waals surface area contributed by atoms with E-state index in [1.54, 1.807) is 4.90 Å². The van der Waals surface area contributed by atoms with Crippen LogP contribution in [0.1, 0.15) is 18.5 Å². The van der Waals surface area contributed by atoms with Crippen LogP contribution in [0.15, 0.2) is 24.3 Å². The number of nitrogens with two attached hydrogens (primary N) is 1. The molecule has 0 spiro atoms. The van der Waals surface area contributed by atoms with Gasteiger partial charge in [0.15, 0.2) is 0 Å². The maximum absolute atomic E-state index is 11.8. The third-order valence-electron chi connectivity index (χ3n) is 3.57. The molecule has 104 valence electrons. The van der Waals surface area contributed by atoms with Gasteiger partial charge in [-0.15, -0.1) is 0 Å². The minimum atomic E-state index is -0.0605. The summed E-state index contributed by atoms with van der Waals surface area (Å²) in [5.41, 5.74) is 7.19. The molecule has 2 N–H and O–H groups in total. The van der Waals surface area contributed by atoms with Crippen LogP contribution in [-0.4, -0.2) is 48.4 Å². The summed E-state index contributed by atoms with van der Waals surface area (Å²) in [5, 5.41) is 0.698. The van der Waals surface area contributed by atoms with E-state index >= 15 is 0 Å². The van der Waals surface area contributed by atoms with Crippen LogP contribution in [0, 0.1) is 0 Å². The number of hydrogen-bond donors (Lipinski definition) is 1. The SMILES string of the molecule is CC(N)C(c1cccc(Cl)c1)N1CCN(C)C(=O)C1. The van der Waals surface area contributed by atoms with Crippen molar-refractivity contribution in [2.24, 2.45) is 5.73 Å². The van der Waals surface area contributed by atoms with Gasteiger partial charge in [-0.2, -0.15) is 0 Å². The number of piperazine rings is 1. The average molecular weight is 282 g/mol. The Morgan fingerprint density at radius 3 is 2.68 bits per heavy atom. The number of nitrogens with zero attached hydrogens (tertiary/aromatic N) is 2. The first kappa shape index (κ1) is 14.3. The van der Waals surface area contributed by atoms with Crippen molar-refractivity contribution in [1.29, 1.82) is 0 Å². The summed E-state index contributed by atoms with van der Waals surface area (Å²) >= 11 is 6.05. The predicted molar refractivity (Wildman–Crippen MR) is 77.1 cm³/mol. The number of carbonyl (C=O) groups excluding carboxylic acids is 1. The molecule has 1 aliphatic heterocycles. The van der Waals surface area contributed by atoms with Gasteiger partial charge in [-0.25, -0.2) is 0 Å². The van der Waals surface area contributed by atoms with E-state index in [9.17, 15) is 4.79 Å². The average Bonchev–Trinajstić information content (AvgIpc) is 2.33. The lowest BCUT2D eigenvalue weighted by molar-refractivity contribution is -0.135. The van der Waals surface area contributed by atoms with Crippen molar-refractivity contribution in [2.45, 2.75) is 19.0 Å². The minimum absolute atomic E-state index is 0.0244. The molecule has 4 nitrogen and oxygen atoms in total. The molecule has 0 bridgehead atoms. The van der Waals surface area contributed by atoms with Crippen molar-refractivity contribution in [3.63, 3.8) is 0 Å². The fraction of sp³-hybridized carbons (Fsp3) is 0.500. The molecule has 2 rings (SSSR count). The molecule has 1 fully saturated rings. The summed E-state index contributed by atoms with van der Waals surface area (Å²) in [7, 11) is 1.83. The van der Waals surface area contributed by atoms with E-state index in [1.807, 2.05) is 38.2 Å². The molecule has 1 heterocycles. The topological polar surface area (TPSA) is 49.6 Å². The van der Waals surface area contributed by atoms with Crippen LogP contribution in [0.3, 0.4) is 0 Å². The Labute approximate surface area is 119 Å². The Morgan fingerprint density at radius 2 is 2.11 bits per heavy atom. The fourth-order valence-corrected chi connectivity index (χ4v) is 2.75. The summed E-state index contributed by atoms with van der Waals surface area (Å²) < 4.78 is 0. The third kappa shape index (κ3) is 3.26. The number of amides is 1. The maximum Gasteiger partial charge on any atom is 0.236 e. The van der Waals surface area contributed by atoms with Gasteiger partial charge in [0.1, 0.15) is 0 Å². The molecule has 2 atom stereocenters. The molecular weight excluding hydrogens is 262 g/mol. The second kappa shape index (κ2) is 5.90. The lowest BCUT2D eigenvalue weighted by Gasteiger charge is -2.39. The van der Waals surface area contributed by atoms with Gasteiger partial charge in [0.05, 0.1) is 12.6 Å². The smallest absolute Gasteiger partial charge is 0.236 e. The van der Waals surface area contributed by atoms with Gasteiger partial charge >= 0.3 is 0 Å². The molecule has 5 heteroatoms. The zero-order valence-corrected chi connectivity index (χ0v) is 12.1. The summed E-state index contributed by atoms with van der Waals surface area (Å²) in [6.45, 7) is 3.95. The normalized spacial score (nSPS) is 20.4. The van der Waals surface area contributed by atoms with E-state index in [1.165, 1.54) is 0 Å². The van der Waals surface area contributed by atoms with Gasteiger partial charge in [0.2, 0.25) is 5.91 Å². The number of hydrogen-bond acceptors (Lipinski definition) is 3. The van der Waals surface area contributed by atoms with Gasteiger partial charge in [-0.05, 0) is 24.6 Å². The molecule has 1 aromatic carbocycles. The highest BCUT2D eigenvalue weighted by Gasteiger charge is 2.30. The van der Waals surface area contributed by atoms with Gasteiger partial charge < -0.3 is 10.6 Å². The summed E-state index contributed by atoms with van der Waals surface area (Å²) in [6, 6.07) is 7.68. The molecule has 0 aliphatic carbocycles. The third-order valence-corrected chi connectivity index (χ3v) is 3.80. The van der Waals surface area contributed by atoms with Crippen molar-refractivity contribution in [1.82, 2.24) is 9.80 Å². The molecule has 1 aliphatic rings. The van der Waals surface area contributed by atoms with E-state index in [4.69, 9.17) is 17.3 Å². The molecule has 19 heavy (non-hydrogen) atoms. The van der Waals surface area contributed by atoms with Crippen LogP contribution in [0.2, 0.25) is 5.02 Å². The highest BCUT2D eigenvalue weighted by molar-refractivity contribution is 6.30.